The Labute approximate surface area is 99.1 Å². The zero-order valence-corrected chi connectivity index (χ0v) is 10.1. The summed E-state index contributed by atoms with van der Waals surface area (Å²) in [7, 11) is 0. The van der Waals surface area contributed by atoms with Crippen LogP contribution in [-0.2, 0) is 4.79 Å². The first kappa shape index (κ1) is 14.3. The highest BCUT2D eigenvalue weighted by Crippen LogP contribution is 2.28. The lowest BCUT2D eigenvalue weighted by molar-refractivity contribution is -0.167. The molecule has 17 heavy (non-hydrogen) atoms. The number of alkyl halides is 3. The zero-order valence-electron chi connectivity index (χ0n) is 10.1. The van der Waals surface area contributed by atoms with Gasteiger partial charge < -0.3 is 10.6 Å². The summed E-state index contributed by atoms with van der Waals surface area (Å²) in [6, 6.07) is -0.496. The van der Waals surface area contributed by atoms with E-state index in [4.69, 9.17) is 5.73 Å². The van der Waals surface area contributed by atoms with Crippen molar-refractivity contribution < 1.29 is 18.0 Å². The van der Waals surface area contributed by atoms with Gasteiger partial charge >= 0.3 is 6.18 Å². The van der Waals surface area contributed by atoms with E-state index >= 15 is 0 Å². The lowest BCUT2D eigenvalue weighted by Gasteiger charge is -2.30. The second kappa shape index (κ2) is 5.25. The number of carbonyl (C=O) groups is 1. The minimum absolute atomic E-state index is 0.0520. The molecule has 0 aromatic carbocycles. The molecule has 1 aliphatic rings. The topological polar surface area (TPSA) is 46.3 Å². The lowest BCUT2D eigenvalue weighted by Crippen LogP contribution is -2.45. The van der Waals surface area contributed by atoms with Gasteiger partial charge in [0.05, 0.1) is 0 Å². The molecule has 2 N–H and O–H groups in total. The number of hydrogen-bond acceptors (Lipinski definition) is 2. The van der Waals surface area contributed by atoms with Gasteiger partial charge in [0, 0.05) is 18.0 Å². The van der Waals surface area contributed by atoms with Gasteiger partial charge in [-0.25, -0.2) is 0 Å². The smallest absolute Gasteiger partial charge is 0.331 e. The Hall–Kier alpha value is -0.780. The van der Waals surface area contributed by atoms with Crippen molar-refractivity contribution in [3.05, 3.63) is 0 Å². The van der Waals surface area contributed by atoms with E-state index in [9.17, 15) is 18.0 Å². The van der Waals surface area contributed by atoms with Gasteiger partial charge in [0.1, 0.15) is 6.54 Å². The molecule has 3 nitrogen and oxygen atoms in total. The monoisotopic (exact) mass is 252 g/mol. The fourth-order valence-electron chi connectivity index (χ4n) is 2.18. The standard InChI is InChI=1S/C11H19F3N2O/c1-7(2)16(6-11(12,13)14)10(17)8-3-4-9(15)5-8/h7-9H,3-6,15H2,1-2H3. The van der Waals surface area contributed by atoms with Crippen LogP contribution in [-0.4, -0.2) is 35.6 Å². The molecule has 0 radical (unpaired) electrons. The number of amides is 1. The van der Waals surface area contributed by atoms with Gasteiger partial charge in [-0.3, -0.25) is 4.79 Å². The first-order valence-corrected chi connectivity index (χ1v) is 5.83. The molecule has 100 valence electrons. The van der Waals surface area contributed by atoms with Crippen LogP contribution in [0, 0.1) is 5.92 Å². The molecule has 1 amide bonds. The quantitative estimate of drug-likeness (QED) is 0.834. The molecule has 1 fully saturated rings. The summed E-state index contributed by atoms with van der Waals surface area (Å²) >= 11 is 0. The average molecular weight is 252 g/mol. The molecule has 1 aliphatic carbocycles. The number of nitrogens with two attached hydrogens (primary N) is 1. The Morgan fingerprint density at radius 3 is 2.35 bits per heavy atom. The molecule has 0 bridgehead atoms. The van der Waals surface area contributed by atoms with Crippen LogP contribution in [0.15, 0.2) is 0 Å². The first-order chi connectivity index (χ1) is 7.70. The second-order valence-electron chi connectivity index (χ2n) is 4.95. The molecule has 6 heteroatoms. The van der Waals surface area contributed by atoms with Gasteiger partial charge in [0.2, 0.25) is 5.91 Å². The van der Waals surface area contributed by atoms with E-state index in [-0.39, 0.29) is 12.0 Å². The third-order valence-electron chi connectivity index (χ3n) is 3.08. The van der Waals surface area contributed by atoms with E-state index in [1.165, 1.54) is 0 Å². The zero-order chi connectivity index (χ0) is 13.2. The summed E-state index contributed by atoms with van der Waals surface area (Å²) in [4.78, 5) is 12.9. The normalized spacial score (nSPS) is 25.4. The number of hydrogen-bond donors (Lipinski definition) is 1. The molecular formula is C11H19F3N2O. The molecule has 0 aromatic rings. The fraction of sp³-hybridized carbons (Fsp3) is 0.909. The molecule has 2 unspecified atom stereocenters. The third kappa shape index (κ3) is 4.18. The Morgan fingerprint density at radius 2 is 2.00 bits per heavy atom. The van der Waals surface area contributed by atoms with Crippen LogP contribution in [0.1, 0.15) is 33.1 Å². The average Bonchev–Trinajstić information content (AvgIpc) is 2.58. The molecule has 0 heterocycles. The molecule has 0 saturated heterocycles. The fourth-order valence-corrected chi connectivity index (χ4v) is 2.18. The summed E-state index contributed by atoms with van der Waals surface area (Å²) in [5.41, 5.74) is 5.67. The van der Waals surface area contributed by atoms with Crippen molar-refractivity contribution >= 4 is 5.91 Å². The largest absolute Gasteiger partial charge is 0.406 e. The minimum Gasteiger partial charge on any atom is -0.331 e. The summed E-state index contributed by atoms with van der Waals surface area (Å²) in [5.74, 6) is -0.750. The van der Waals surface area contributed by atoms with E-state index in [0.717, 1.165) is 4.90 Å². The van der Waals surface area contributed by atoms with Crippen molar-refractivity contribution in [1.82, 2.24) is 4.90 Å². The Bertz CT molecular complexity index is 278. The van der Waals surface area contributed by atoms with Crippen LogP contribution in [0.2, 0.25) is 0 Å². The van der Waals surface area contributed by atoms with Gasteiger partial charge in [-0.15, -0.1) is 0 Å². The number of nitrogens with zero attached hydrogens (tertiary/aromatic N) is 1. The third-order valence-corrected chi connectivity index (χ3v) is 3.08. The number of carbonyl (C=O) groups excluding carboxylic acids is 1. The van der Waals surface area contributed by atoms with Gasteiger partial charge in [0.25, 0.3) is 0 Å². The van der Waals surface area contributed by atoms with Crippen molar-refractivity contribution in [2.45, 2.75) is 51.4 Å². The van der Waals surface area contributed by atoms with Crippen molar-refractivity contribution in [3.8, 4) is 0 Å². The van der Waals surface area contributed by atoms with Gasteiger partial charge in [-0.2, -0.15) is 13.2 Å². The predicted molar refractivity (Wildman–Crippen MR) is 58.2 cm³/mol. The highest BCUT2D eigenvalue weighted by atomic mass is 19.4. The van der Waals surface area contributed by atoms with Crippen LogP contribution < -0.4 is 5.73 Å². The minimum atomic E-state index is -4.35. The summed E-state index contributed by atoms with van der Waals surface area (Å²) < 4.78 is 37.1. The maximum absolute atomic E-state index is 12.4. The van der Waals surface area contributed by atoms with Crippen LogP contribution in [0.5, 0.6) is 0 Å². The summed E-state index contributed by atoms with van der Waals surface area (Å²) in [6.07, 6.45) is -2.53. The highest BCUT2D eigenvalue weighted by molar-refractivity contribution is 5.79. The number of rotatable bonds is 3. The highest BCUT2D eigenvalue weighted by Gasteiger charge is 2.38. The second-order valence-corrected chi connectivity index (χ2v) is 4.95. The van der Waals surface area contributed by atoms with Crippen LogP contribution >= 0.6 is 0 Å². The molecule has 0 aliphatic heterocycles. The summed E-state index contributed by atoms with van der Waals surface area (Å²) in [5, 5.41) is 0. The van der Waals surface area contributed by atoms with E-state index in [0.29, 0.717) is 19.3 Å². The van der Waals surface area contributed by atoms with Crippen LogP contribution in [0.4, 0.5) is 13.2 Å². The Morgan fingerprint density at radius 1 is 1.41 bits per heavy atom. The Kier molecular flexibility index (Phi) is 4.41. The lowest BCUT2D eigenvalue weighted by atomic mass is 10.1. The predicted octanol–water partition coefficient (Wildman–Crippen LogP) is 1.91. The SMILES string of the molecule is CC(C)N(CC(F)(F)F)C(=O)C1CCC(N)C1. The molecule has 1 rings (SSSR count). The van der Waals surface area contributed by atoms with Crippen molar-refractivity contribution in [1.29, 1.82) is 0 Å². The van der Waals surface area contributed by atoms with Gasteiger partial charge in [0.15, 0.2) is 0 Å². The van der Waals surface area contributed by atoms with E-state index in [2.05, 4.69) is 0 Å². The van der Waals surface area contributed by atoms with Crippen molar-refractivity contribution in [2.75, 3.05) is 6.54 Å². The van der Waals surface area contributed by atoms with E-state index < -0.39 is 24.7 Å². The van der Waals surface area contributed by atoms with Gasteiger partial charge in [-0.1, -0.05) is 0 Å². The maximum atomic E-state index is 12.4. The van der Waals surface area contributed by atoms with E-state index in [1.54, 1.807) is 13.8 Å². The maximum Gasteiger partial charge on any atom is 0.406 e. The molecule has 0 aromatic heterocycles. The number of halogens is 3. The van der Waals surface area contributed by atoms with Gasteiger partial charge in [-0.05, 0) is 33.1 Å². The van der Waals surface area contributed by atoms with E-state index in [1.807, 2.05) is 0 Å². The molecular weight excluding hydrogens is 233 g/mol. The van der Waals surface area contributed by atoms with Crippen LogP contribution in [0.25, 0.3) is 0 Å². The van der Waals surface area contributed by atoms with Crippen molar-refractivity contribution in [3.63, 3.8) is 0 Å². The summed E-state index contributed by atoms with van der Waals surface area (Å²) in [6.45, 7) is 2.02. The molecule has 2 atom stereocenters. The first-order valence-electron chi connectivity index (χ1n) is 5.83. The molecule has 0 spiro atoms. The van der Waals surface area contributed by atoms with Crippen molar-refractivity contribution in [2.24, 2.45) is 11.7 Å². The van der Waals surface area contributed by atoms with Crippen LogP contribution in [0.3, 0.4) is 0 Å². The molecule has 1 saturated carbocycles. The Balaban J connectivity index is 2.67.